The molecule has 1 unspecified atom stereocenters. The maximum Gasteiger partial charge on any atom is 0.342 e. The number of hydrogen-bond donors (Lipinski definition) is 3. The molecule has 5 N–H and O–H groups in total. The largest absolute Gasteiger partial charge is 0.488 e. The molecule has 0 aliphatic carbocycles. The van der Waals surface area contributed by atoms with E-state index in [1.807, 2.05) is 16.9 Å². The number of carbonyl (C=O) groups is 2. The zero-order valence-electron chi connectivity index (χ0n) is 26.6. The van der Waals surface area contributed by atoms with Crippen molar-refractivity contribution in [1.29, 1.82) is 0 Å². The van der Waals surface area contributed by atoms with E-state index in [0.29, 0.717) is 0 Å². The van der Waals surface area contributed by atoms with Gasteiger partial charge in [0, 0.05) is 17.5 Å². The van der Waals surface area contributed by atoms with Crippen LogP contribution in [0.15, 0.2) is 108 Å². The fraction of sp³-hybridized carbons (Fsp3) is 0.143. The molecule has 0 saturated heterocycles. The minimum Gasteiger partial charge on any atom is -0.488 e. The van der Waals surface area contributed by atoms with Gasteiger partial charge in [-0.05, 0) is 36.4 Å². The van der Waals surface area contributed by atoms with E-state index >= 15 is 0 Å². The molecule has 1 atom stereocenters. The number of nitrogens with one attached hydrogen (secondary N) is 1. The third-order valence-electron chi connectivity index (χ3n) is 6.63. The van der Waals surface area contributed by atoms with E-state index in [0.717, 1.165) is 16.0 Å². The quantitative estimate of drug-likeness (QED) is 0.0511. The average molecular weight is 717 g/mol. The monoisotopic (exact) mass is 716 g/mol. The van der Waals surface area contributed by atoms with Crippen LogP contribution in [-0.4, -0.2) is 36.2 Å². The molecule has 0 aliphatic heterocycles. The number of allylic oxidation sites excluding steroid dienone is 2. The van der Waals surface area contributed by atoms with Gasteiger partial charge >= 0.3 is 5.97 Å². The summed E-state index contributed by atoms with van der Waals surface area (Å²) in [6.07, 6.45) is 2.75. The number of nitrogens with zero attached hydrogens (tertiary/aromatic N) is 1. The van der Waals surface area contributed by atoms with Crippen LogP contribution in [0.1, 0.15) is 21.5 Å². The SMILES string of the molecule is C=C/C=C(\N)CN(C(=O)CNS(=O)c1c(F)c(F)c(F)c(F)c1F)c1ccc(C(=O)OCc2ccccc2)c(OCc2ccccc2)c1.CN. The first kappa shape index (κ1) is 39.1. The Morgan fingerprint density at radius 1 is 0.840 bits per heavy atom. The summed E-state index contributed by atoms with van der Waals surface area (Å²) in [5, 5.41) is 0. The van der Waals surface area contributed by atoms with Crippen LogP contribution in [0.5, 0.6) is 5.75 Å². The zero-order valence-corrected chi connectivity index (χ0v) is 27.5. The van der Waals surface area contributed by atoms with E-state index in [1.54, 1.807) is 48.5 Å². The Morgan fingerprint density at radius 3 is 1.94 bits per heavy atom. The van der Waals surface area contributed by atoms with Gasteiger partial charge in [0.1, 0.15) is 40.4 Å². The lowest BCUT2D eigenvalue weighted by Gasteiger charge is -2.24. The van der Waals surface area contributed by atoms with E-state index in [1.165, 1.54) is 37.4 Å². The predicted octanol–water partition coefficient (Wildman–Crippen LogP) is 5.57. The lowest BCUT2D eigenvalue weighted by atomic mass is 10.1. The van der Waals surface area contributed by atoms with Crippen LogP contribution in [-0.2, 0) is 33.7 Å². The molecule has 1 amide bonds. The van der Waals surface area contributed by atoms with Gasteiger partial charge in [0.15, 0.2) is 23.3 Å². The second-order valence-electron chi connectivity index (χ2n) is 9.96. The number of esters is 1. The van der Waals surface area contributed by atoms with Crippen molar-refractivity contribution in [3.05, 3.63) is 149 Å². The molecule has 0 aromatic heterocycles. The lowest BCUT2D eigenvalue weighted by molar-refractivity contribution is -0.117. The minimum absolute atomic E-state index is 0.0245. The Balaban J connectivity index is 0.00000332. The zero-order chi connectivity index (χ0) is 36.8. The first-order valence-electron chi connectivity index (χ1n) is 14.7. The van der Waals surface area contributed by atoms with Crippen LogP contribution in [0.3, 0.4) is 0 Å². The highest BCUT2D eigenvalue weighted by Crippen LogP contribution is 2.29. The molecule has 4 aromatic carbocycles. The summed E-state index contributed by atoms with van der Waals surface area (Å²) >= 11 is 0. The molecule has 4 aromatic rings. The van der Waals surface area contributed by atoms with Gasteiger partial charge in [-0.15, -0.1) is 0 Å². The van der Waals surface area contributed by atoms with Crippen molar-refractivity contribution in [3.63, 3.8) is 0 Å². The number of hydrogen-bond acceptors (Lipinski definition) is 7. The minimum atomic E-state index is -3.04. The molecular weight excluding hydrogens is 683 g/mol. The second-order valence-corrected chi connectivity index (χ2v) is 11.2. The maximum absolute atomic E-state index is 14.2. The second kappa shape index (κ2) is 19.0. The molecule has 0 radical (unpaired) electrons. The van der Waals surface area contributed by atoms with Gasteiger partial charge in [-0.3, -0.25) is 4.79 Å². The van der Waals surface area contributed by atoms with Crippen molar-refractivity contribution in [2.45, 2.75) is 18.1 Å². The summed E-state index contributed by atoms with van der Waals surface area (Å²) in [6, 6.07) is 22.1. The summed E-state index contributed by atoms with van der Waals surface area (Å²) < 4.78 is 95.4. The van der Waals surface area contributed by atoms with Crippen molar-refractivity contribution in [3.8, 4) is 5.75 Å². The number of nitrogens with two attached hydrogens (primary N) is 2. The van der Waals surface area contributed by atoms with E-state index in [4.69, 9.17) is 15.2 Å². The Kier molecular flexibility index (Phi) is 14.8. The van der Waals surface area contributed by atoms with E-state index in [9.17, 15) is 35.8 Å². The molecule has 0 spiro atoms. The molecule has 0 bridgehead atoms. The van der Waals surface area contributed by atoms with Gasteiger partial charge in [0.05, 0.1) is 13.1 Å². The first-order valence-corrected chi connectivity index (χ1v) is 15.8. The molecule has 50 heavy (non-hydrogen) atoms. The van der Waals surface area contributed by atoms with E-state index < -0.39 is 63.4 Å². The number of halogens is 5. The fourth-order valence-electron chi connectivity index (χ4n) is 4.26. The summed E-state index contributed by atoms with van der Waals surface area (Å²) in [6.45, 7) is 2.35. The number of amides is 1. The van der Waals surface area contributed by atoms with Crippen molar-refractivity contribution in [2.75, 3.05) is 25.0 Å². The highest BCUT2D eigenvalue weighted by Gasteiger charge is 2.30. The average Bonchev–Trinajstić information content (AvgIpc) is 3.14. The molecule has 15 heteroatoms. The van der Waals surface area contributed by atoms with Crippen LogP contribution >= 0.6 is 0 Å². The van der Waals surface area contributed by atoms with Crippen molar-refractivity contribution < 1.29 is 45.2 Å². The highest BCUT2D eigenvalue weighted by molar-refractivity contribution is 7.83. The molecule has 0 fully saturated rings. The smallest absolute Gasteiger partial charge is 0.342 e. The van der Waals surface area contributed by atoms with Gasteiger partial charge in [0.25, 0.3) is 0 Å². The van der Waals surface area contributed by atoms with Gasteiger partial charge in [-0.2, -0.15) is 0 Å². The standard InChI is InChI=1S/C34H28F5N3O5S.CH5N/c1-2-9-23(40)18-42(27(43)17-41-48(45)33-31(38)29(36)28(35)30(37)32(33)39)24-14-15-25(34(44)47-20-22-12-7-4-8-13-22)26(16-24)46-19-21-10-5-3-6-11-21;1-2/h2-16,41H,1,17-20,40H2;2H2,1H3/b23-9-;. The van der Waals surface area contributed by atoms with Crippen LogP contribution in [0.2, 0.25) is 0 Å². The van der Waals surface area contributed by atoms with Crippen LogP contribution in [0, 0.1) is 29.1 Å². The molecule has 9 nitrogen and oxygen atoms in total. The van der Waals surface area contributed by atoms with E-state index in [-0.39, 0.29) is 42.5 Å². The first-order chi connectivity index (χ1) is 24.0. The molecule has 4 rings (SSSR count). The summed E-state index contributed by atoms with van der Waals surface area (Å²) in [7, 11) is -1.54. The summed E-state index contributed by atoms with van der Waals surface area (Å²) in [4.78, 5) is 26.0. The number of benzene rings is 4. The summed E-state index contributed by atoms with van der Waals surface area (Å²) in [5.74, 6) is -13.2. The van der Waals surface area contributed by atoms with E-state index in [2.05, 4.69) is 12.3 Å². The molecule has 264 valence electrons. The number of rotatable bonds is 14. The lowest BCUT2D eigenvalue weighted by Crippen LogP contribution is -2.41. The molecule has 0 saturated carbocycles. The highest BCUT2D eigenvalue weighted by atomic mass is 32.2. The van der Waals surface area contributed by atoms with Crippen molar-refractivity contribution >= 4 is 28.5 Å². The van der Waals surface area contributed by atoms with Crippen molar-refractivity contribution in [2.24, 2.45) is 11.5 Å². The predicted molar refractivity (Wildman–Crippen MR) is 178 cm³/mol. The van der Waals surface area contributed by atoms with Gasteiger partial charge in [0.2, 0.25) is 11.7 Å². The third-order valence-corrected chi connectivity index (χ3v) is 7.77. The van der Waals surface area contributed by atoms with Crippen LogP contribution in [0.25, 0.3) is 0 Å². The number of anilines is 1. The van der Waals surface area contributed by atoms with Gasteiger partial charge in [-0.1, -0.05) is 73.3 Å². The summed E-state index contributed by atoms with van der Waals surface area (Å²) in [5.41, 5.74) is 12.3. The maximum atomic E-state index is 14.2. The van der Waals surface area contributed by atoms with Crippen molar-refractivity contribution in [1.82, 2.24) is 4.72 Å². The third kappa shape index (κ3) is 10.1. The number of ether oxygens (including phenoxy) is 2. The van der Waals surface area contributed by atoms with Gasteiger partial charge < -0.3 is 25.8 Å². The Hall–Kier alpha value is -5.38. The molecular formula is C35H33F5N4O5S. The Labute approximate surface area is 287 Å². The molecule has 0 aliphatic rings. The topological polar surface area (TPSA) is 137 Å². The normalized spacial score (nSPS) is 11.5. The Bertz CT molecular complexity index is 1830. The van der Waals surface area contributed by atoms with Crippen LogP contribution in [0.4, 0.5) is 27.6 Å². The fourth-order valence-corrected chi connectivity index (χ4v) is 5.16. The Morgan fingerprint density at radius 2 is 1.38 bits per heavy atom. The van der Waals surface area contributed by atoms with Gasteiger partial charge in [-0.25, -0.2) is 35.7 Å². The molecule has 0 heterocycles. The van der Waals surface area contributed by atoms with Crippen LogP contribution < -0.4 is 25.8 Å². The number of carbonyl (C=O) groups excluding carboxylic acids is 2.